The average molecular weight is 300 g/mol. The maximum absolute atomic E-state index is 10.2. The van der Waals surface area contributed by atoms with E-state index in [2.05, 4.69) is 20.8 Å². The Hall–Kier alpha value is -0.160. The smallest absolute Gasteiger partial charge is 0.126 e. The molecule has 1 saturated heterocycles. The molecule has 0 spiro atoms. The first-order valence-corrected chi connectivity index (χ1v) is 8.77. The lowest BCUT2D eigenvalue weighted by Gasteiger charge is -2.37. The minimum absolute atomic E-state index is 0.336. The zero-order chi connectivity index (χ0) is 15.2. The minimum atomic E-state index is -0.344. The molecule has 2 N–H and O–H groups in total. The Morgan fingerprint density at radius 3 is 2.62 bits per heavy atom. The maximum Gasteiger partial charge on any atom is 0.126 e. The van der Waals surface area contributed by atoms with E-state index in [1.165, 1.54) is 17.7 Å². The first-order valence-electron chi connectivity index (χ1n) is 8.77. The number of morpholine rings is 1. The second-order valence-corrected chi connectivity index (χ2v) is 7.42. The summed E-state index contributed by atoms with van der Waals surface area (Å²) in [7, 11) is 0. The lowest BCUT2D eigenvalue weighted by atomic mass is 9.75. The van der Waals surface area contributed by atoms with Crippen molar-refractivity contribution in [2.45, 2.75) is 52.2 Å². The molecule has 0 unspecified atom stereocenters. The van der Waals surface area contributed by atoms with Crippen molar-refractivity contribution in [3.8, 4) is 0 Å². The molecule has 21 heavy (non-hydrogen) atoms. The summed E-state index contributed by atoms with van der Waals surface area (Å²) in [5.74, 6) is 2.08. The fourth-order valence-electron chi connectivity index (χ4n) is 3.80. The van der Waals surface area contributed by atoms with Crippen molar-refractivity contribution in [3.05, 3.63) is 0 Å². The summed E-state index contributed by atoms with van der Waals surface area (Å²) < 4.78 is 11.5. The second-order valence-electron chi connectivity index (χ2n) is 7.42. The van der Waals surface area contributed by atoms with E-state index < -0.39 is 0 Å². The first kappa shape index (κ1) is 17.2. The van der Waals surface area contributed by atoms with Crippen LogP contribution in [0.25, 0.3) is 0 Å². The van der Waals surface area contributed by atoms with Gasteiger partial charge >= 0.3 is 0 Å². The van der Waals surface area contributed by atoms with E-state index in [1.54, 1.807) is 0 Å². The summed E-state index contributed by atoms with van der Waals surface area (Å²) in [6, 6.07) is 0. The molecule has 0 bridgehead atoms. The van der Waals surface area contributed by atoms with Gasteiger partial charge in [-0.1, -0.05) is 27.2 Å². The van der Waals surface area contributed by atoms with Crippen molar-refractivity contribution in [2.75, 3.05) is 39.5 Å². The molecule has 4 atom stereocenters. The summed E-state index contributed by atoms with van der Waals surface area (Å²) in [5, 5.41) is 10.2. The highest BCUT2D eigenvalue weighted by atomic mass is 16.5. The second kappa shape index (κ2) is 8.47. The number of hydrogen-bond acceptors (Lipinski definition) is 3. The van der Waals surface area contributed by atoms with Crippen LogP contribution in [0.1, 0.15) is 40.0 Å². The molecule has 0 amide bonds. The summed E-state index contributed by atoms with van der Waals surface area (Å²) >= 11 is 0. The Balaban J connectivity index is 1.73. The predicted octanol–water partition coefficient (Wildman–Crippen LogP) is 0.740. The van der Waals surface area contributed by atoms with Crippen molar-refractivity contribution >= 4 is 0 Å². The lowest BCUT2D eigenvalue weighted by molar-refractivity contribution is -0.911. The molecular formula is C17H34NO3+. The summed E-state index contributed by atoms with van der Waals surface area (Å²) in [6.07, 6.45) is 3.74. The molecule has 0 aromatic carbocycles. The quantitative estimate of drug-likeness (QED) is 0.760. The van der Waals surface area contributed by atoms with Crippen LogP contribution in [0.5, 0.6) is 0 Å². The third kappa shape index (κ3) is 5.51. The summed E-state index contributed by atoms with van der Waals surface area (Å²) in [5.41, 5.74) is 0. The molecule has 0 aromatic rings. The van der Waals surface area contributed by atoms with Gasteiger partial charge in [0.1, 0.15) is 25.7 Å². The maximum atomic E-state index is 10.2. The van der Waals surface area contributed by atoms with E-state index in [9.17, 15) is 5.11 Å². The Labute approximate surface area is 129 Å². The van der Waals surface area contributed by atoms with Gasteiger partial charge in [0.15, 0.2) is 0 Å². The predicted molar refractivity (Wildman–Crippen MR) is 83.5 cm³/mol. The standard InChI is InChI=1S/C17H33NO3/c1-13(2)16-5-4-14(3)10-17(16)21-12-15(19)11-18-6-8-20-9-7-18/h13-17,19H,4-12H2,1-3H3/p+1/t14-,15+,16-,17+/m0/s1. The van der Waals surface area contributed by atoms with E-state index in [0.29, 0.717) is 24.5 Å². The zero-order valence-corrected chi connectivity index (χ0v) is 14.0. The lowest BCUT2D eigenvalue weighted by Crippen LogP contribution is -3.15. The fraction of sp³-hybridized carbons (Fsp3) is 1.00. The SMILES string of the molecule is CC(C)[C@@H]1CC[C@H](C)C[C@H]1OC[C@H](O)C[NH+]1CCOCC1. The Morgan fingerprint density at radius 2 is 1.95 bits per heavy atom. The fourth-order valence-corrected chi connectivity index (χ4v) is 3.80. The third-order valence-corrected chi connectivity index (χ3v) is 5.19. The highest BCUT2D eigenvalue weighted by Crippen LogP contribution is 2.35. The van der Waals surface area contributed by atoms with E-state index in [1.807, 2.05) is 0 Å². The Morgan fingerprint density at radius 1 is 1.24 bits per heavy atom. The molecule has 0 radical (unpaired) electrons. The number of quaternary nitrogens is 1. The van der Waals surface area contributed by atoms with Gasteiger partial charge in [-0.3, -0.25) is 0 Å². The van der Waals surface area contributed by atoms with Gasteiger partial charge in [-0.2, -0.15) is 0 Å². The van der Waals surface area contributed by atoms with Crippen LogP contribution in [-0.2, 0) is 9.47 Å². The van der Waals surface area contributed by atoms with Gasteiger partial charge < -0.3 is 19.5 Å². The molecule has 4 nitrogen and oxygen atoms in total. The third-order valence-electron chi connectivity index (χ3n) is 5.19. The van der Waals surface area contributed by atoms with Gasteiger partial charge in [-0.15, -0.1) is 0 Å². The van der Waals surface area contributed by atoms with Crippen LogP contribution >= 0.6 is 0 Å². The molecule has 2 aliphatic rings. The Bertz CT molecular complexity index is 292. The van der Waals surface area contributed by atoms with Crippen LogP contribution in [0.3, 0.4) is 0 Å². The van der Waals surface area contributed by atoms with Gasteiger partial charge in [0.05, 0.1) is 25.9 Å². The number of aliphatic hydroxyl groups is 1. The van der Waals surface area contributed by atoms with Crippen molar-refractivity contribution < 1.29 is 19.5 Å². The van der Waals surface area contributed by atoms with Crippen molar-refractivity contribution in [1.82, 2.24) is 0 Å². The highest BCUT2D eigenvalue weighted by Gasteiger charge is 2.32. The minimum Gasteiger partial charge on any atom is -0.385 e. The number of nitrogens with one attached hydrogen (secondary N) is 1. The van der Waals surface area contributed by atoms with Gasteiger partial charge in [0.25, 0.3) is 0 Å². The van der Waals surface area contributed by atoms with Gasteiger partial charge in [0.2, 0.25) is 0 Å². The first-order chi connectivity index (χ1) is 10.1. The largest absolute Gasteiger partial charge is 0.385 e. The molecule has 0 aromatic heterocycles. The molecule has 1 saturated carbocycles. The van der Waals surface area contributed by atoms with Crippen LogP contribution in [0.4, 0.5) is 0 Å². The molecule has 1 aliphatic heterocycles. The number of rotatable bonds is 6. The molecule has 2 fully saturated rings. The van der Waals surface area contributed by atoms with Crippen LogP contribution in [-0.4, -0.2) is 56.8 Å². The normalized spacial score (nSPS) is 33.3. The number of ether oxygens (including phenoxy) is 2. The summed E-state index contributed by atoms with van der Waals surface area (Å²) in [4.78, 5) is 1.44. The molecule has 124 valence electrons. The van der Waals surface area contributed by atoms with Crippen molar-refractivity contribution in [1.29, 1.82) is 0 Å². The summed E-state index contributed by atoms with van der Waals surface area (Å²) in [6.45, 7) is 11.8. The molecule has 1 heterocycles. The van der Waals surface area contributed by atoms with E-state index in [0.717, 1.165) is 45.2 Å². The van der Waals surface area contributed by atoms with Gasteiger partial charge in [0, 0.05) is 0 Å². The zero-order valence-electron chi connectivity index (χ0n) is 14.0. The van der Waals surface area contributed by atoms with Crippen LogP contribution in [0.2, 0.25) is 0 Å². The van der Waals surface area contributed by atoms with Crippen LogP contribution in [0.15, 0.2) is 0 Å². The molecule has 1 aliphatic carbocycles. The van der Waals surface area contributed by atoms with Gasteiger partial charge in [-0.25, -0.2) is 0 Å². The van der Waals surface area contributed by atoms with Crippen LogP contribution in [0, 0.1) is 17.8 Å². The number of aliphatic hydroxyl groups excluding tert-OH is 1. The van der Waals surface area contributed by atoms with Crippen molar-refractivity contribution in [3.63, 3.8) is 0 Å². The monoisotopic (exact) mass is 300 g/mol. The van der Waals surface area contributed by atoms with Crippen molar-refractivity contribution in [2.24, 2.45) is 17.8 Å². The van der Waals surface area contributed by atoms with Gasteiger partial charge in [-0.05, 0) is 30.6 Å². The molecular weight excluding hydrogens is 266 g/mol. The van der Waals surface area contributed by atoms with E-state index >= 15 is 0 Å². The van der Waals surface area contributed by atoms with Crippen LogP contribution < -0.4 is 4.90 Å². The highest BCUT2D eigenvalue weighted by molar-refractivity contribution is 4.81. The average Bonchev–Trinajstić information content (AvgIpc) is 2.46. The Kier molecular flexibility index (Phi) is 6.93. The number of hydrogen-bond donors (Lipinski definition) is 2. The molecule has 4 heteroatoms. The van der Waals surface area contributed by atoms with E-state index in [-0.39, 0.29) is 6.10 Å². The van der Waals surface area contributed by atoms with E-state index in [4.69, 9.17) is 9.47 Å². The topological polar surface area (TPSA) is 43.1 Å². The molecule has 2 rings (SSSR count).